The third-order valence-electron chi connectivity index (χ3n) is 3.33. The fourth-order valence-corrected chi connectivity index (χ4v) is 3.10. The topological polar surface area (TPSA) is 37.3 Å². The second-order valence-corrected chi connectivity index (χ2v) is 6.43. The van der Waals surface area contributed by atoms with E-state index >= 15 is 0 Å². The number of amidine groups is 1. The quantitative estimate of drug-likeness (QED) is 0.710. The van der Waals surface area contributed by atoms with Gasteiger partial charge in [0, 0.05) is 26.1 Å². The molecule has 0 aliphatic carbocycles. The average molecular weight is 428 g/mol. The Morgan fingerprint density at radius 1 is 1.27 bits per heavy atom. The van der Waals surface area contributed by atoms with Gasteiger partial charge < -0.3 is 5.32 Å². The molecule has 112 valence electrons. The number of aromatic nitrogens is 1. The molecule has 0 saturated carbocycles. The van der Waals surface area contributed by atoms with E-state index in [0.717, 1.165) is 20.5 Å². The number of allylic oxidation sites excluding steroid dienone is 1. The molecule has 6 heteroatoms. The highest BCUT2D eigenvalue weighted by molar-refractivity contribution is 14.1. The number of aliphatic imine (C=N–C) groups is 1. The smallest absolute Gasteiger partial charge is 0.152 e. The minimum absolute atomic E-state index is 0.257. The summed E-state index contributed by atoms with van der Waals surface area (Å²) in [5, 5.41) is 3.63. The van der Waals surface area contributed by atoms with E-state index in [1.165, 1.54) is 12.1 Å². The summed E-state index contributed by atoms with van der Waals surface area (Å²) >= 11 is 8.44. The van der Waals surface area contributed by atoms with Crippen molar-refractivity contribution in [3.63, 3.8) is 0 Å². The van der Waals surface area contributed by atoms with E-state index < -0.39 is 0 Å². The molecule has 1 unspecified atom stereocenters. The Morgan fingerprint density at radius 2 is 2.09 bits per heavy atom. The van der Waals surface area contributed by atoms with Crippen LogP contribution in [0.15, 0.2) is 56.9 Å². The van der Waals surface area contributed by atoms with Crippen LogP contribution in [0, 0.1) is 5.82 Å². The normalized spacial score (nSPS) is 18.0. The first-order chi connectivity index (χ1) is 10.6. The second-order valence-electron chi connectivity index (χ2n) is 4.86. The number of nitrogens with zero attached hydrogens (tertiary/aromatic N) is 2. The van der Waals surface area contributed by atoms with Gasteiger partial charge in [0.25, 0.3) is 0 Å². The first-order valence-corrected chi connectivity index (χ1v) is 8.09. The van der Waals surface area contributed by atoms with Gasteiger partial charge in [-0.3, -0.25) is 9.98 Å². The van der Waals surface area contributed by atoms with Crippen LogP contribution in [-0.2, 0) is 0 Å². The van der Waals surface area contributed by atoms with E-state index in [4.69, 9.17) is 16.6 Å². The van der Waals surface area contributed by atoms with Crippen LogP contribution in [0.4, 0.5) is 4.39 Å². The molecule has 22 heavy (non-hydrogen) atoms. The Labute approximate surface area is 146 Å². The maximum Gasteiger partial charge on any atom is 0.152 e. The summed E-state index contributed by atoms with van der Waals surface area (Å²) < 4.78 is 14.3. The predicted molar refractivity (Wildman–Crippen MR) is 94.8 cm³/mol. The lowest BCUT2D eigenvalue weighted by Gasteiger charge is -2.24. The van der Waals surface area contributed by atoms with Crippen LogP contribution in [0.3, 0.4) is 0 Å². The van der Waals surface area contributed by atoms with Crippen LogP contribution in [0.25, 0.3) is 0 Å². The van der Waals surface area contributed by atoms with Gasteiger partial charge in [-0.1, -0.05) is 23.7 Å². The molecule has 3 nitrogen and oxygen atoms in total. The van der Waals surface area contributed by atoms with Crippen LogP contribution in [0.2, 0.25) is 5.02 Å². The number of benzene rings is 1. The summed E-state index contributed by atoms with van der Waals surface area (Å²) in [6.07, 6.45) is 1.72. The molecule has 0 radical (unpaired) electrons. The van der Waals surface area contributed by atoms with Crippen molar-refractivity contribution >= 4 is 40.0 Å². The molecule has 2 aromatic rings. The van der Waals surface area contributed by atoms with E-state index in [0.29, 0.717) is 10.9 Å². The molecule has 3 rings (SSSR count). The summed E-state index contributed by atoms with van der Waals surface area (Å²) in [7, 11) is 0. The van der Waals surface area contributed by atoms with E-state index in [1.807, 2.05) is 25.1 Å². The van der Waals surface area contributed by atoms with Gasteiger partial charge in [-0.2, -0.15) is 0 Å². The maximum atomic E-state index is 13.3. The average Bonchev–Trinajstić information content (AvgIpc) is 2.51. The molecule has 0 saturated heterocycles. The highest BCUT2D eigenvalue weighted by Gasteiger charge is 2.25. The molecule has 1 aliphatic heterocycles. The Kier molecular flexibility index (Phi) is 4.44. The zero-order valence-corrected chi connectivity index (χ0v) is 14.6. The predicted octanol–water partition coefficient (Wildman–Crippen LogP) is 4.63. The van der Waals surface area contributed by atoms with Crippen molar-refractivity contribution in [2.24, 2.45) is 4.99 Å². The third kappa shape index (κ3) is 3.01. The first-order valence-electron chi connectivity index (χ1n) is 6.63. The zero-order valence-electron chi connectivity index (χ0n) is 11.6. The molecule has 2 heterocycles. The van der Waals surface area contributed by atoms with Crippen molar-refractivity contribution in [1.29, 1.82) is 0 Å². The highest BCUT2D eigenvalue weighted by atomic mass is 127. The van der Waals surface area contributed by atoms with Crippen molar-refractivity contribution in [2.75, 3.05) is 0 Å². The molecule has 0 amide bonds. The molecular formula is C16H12ClFIN3. The maximum absolute atomic E-state index is 13.3. The minimum atomic E-state index is -0.354. The van der Waals surface area contributed by atoms with Gasteiger partial charge in [-0.05, 0) is 53.8 Å². The van der Waals surface area contributed by atoms with E-state index in [1.54, 1.807) is 12.3 Å². The van der Waals surface area contributed by atoms with E-state index in [2.05, 4.69) is 32.9 Å². The van der Waals surface area contributed by atoms with E-state index in [9.17, 15) is 4.39 Å². The van der Waals surface area contributed by atoms with Gasteiger partial charge in [0.2, 0.25) is 0 Å². The molecule has 0 spiro atoms. The monoisotopic (exact) mass is 427 g/mol. The van der Waals surface area contributed by atoms with Crippen LogP contribution < -0.4 is 5.32 Å². The summed E-state index contributed by atoms with van der Waals surface area (Å²) in [6.45, 7) is 1.98. The number of hydrogen-bond donors (Lipinski definition) is 1. The first kappa shape index (κ1) is 15.4. The standard InChI is InChI=1S/C16H12ClFIN3/c1-9-14(19)15(11-6-5-10(18)8-12(11)17)22-16(21-9)13-4-2-3-7-20-13/h2-8,15H,1H3,(H,21,22). The number of rotatable bonds is 2. The number of pyridine rings is 1. The number of halogens is 3. The van der Waals surface area contributed by atoms with Crippen molar-refractivity contribution < 1.29 is 4.39 Å². The van der Waals surface area contributed by atoms with Crippen LogP contribution in [-0.4, -0.2) is 10.8 Å². The molecule has 1 aromatic heterocycles. The van der Waals surface area contributed by atoms with Gasteiger partial charge in [0.05, 0.1) is 0 Å². The molecule has 0 fully saturated rings. The van der Waals surface area contributed by atoms with Gasteiger partial charge in [-0.25, -0.2) is 4.39 Å². The third-order valence-corrected chi connectivity index (χ3v) is 5.05. The largest absolute Gasteiger partial charge is 0.342 e. The summed E-state index contributed by atoms with van der Waals surface area (Å²) in [5.74, 6) is 0.330. The van der Waals surface area contributed by atoms with Gasteiger partial charge in [0.15, 0.2) is 5.84 Å². The Balaban J connectivity index is 2.07. The van der Waals surface area contributed by atoms with Crippen LogP contribution >= 0.6 is 34.2 Å². The Bertz CT molecular complexity index is 774. The number of nitrogens with one attached hydrogen (secondary N) is 1. The fraction of sp³-hybridized carbons (Fsp3) is 0.125. The molecule has 1 aromatic carbocycles. The van der Waals surface area contributed by atoms with Crippen molar-refractivity contribution in [1.82, 2.24) is 10.3 Å². The summed E-state index contributed by atoms with van der Waals surface area (Å²) in [5.41, 5.74) is 2.53. The van der Waals surface area contributed by atoms with Crippen LogP contribution in [0.1, 0.15) is 24.2 Å². The summed E-state index contributed by atoms with van der Waals surface area (Å²) in [4.78, 5) is 9.03. The van der Waals surface area contributed by atoms with Gasteiger partial charge in [-0.15, -0.1) is 0 Å². The Hall–Kier alpha value is -1.47. The summed E-state index contributed by atoms with van der Waals surface area (Å²) in [6, 6.07) is 9.79. The van der Waals surface area contributed by atoms with Gasteiger partial charge in [0.1, 0.15) is 17.6 Å². The minimum Gasteiger partial charge on any atom is -0.342 e. The molecule has 0 bridgehead atoms. The van der Waals surface area contributed by atoms with Crippen molar-refractivity contribution in [3.05, 3.63) is 74.0 Å². The Morgan fingerprint density at radius 3 is 2.77 bits per heavy atom. The molecule has 1 N–H and O–H groups in total. The highest BCUT2D eigenvalue weighted by Crippen LogP contribution is 2.38. The lowest BCUT2D eigenvalue weighted by Crippen LogP contribution is -2.29. The molecule has 1 atom stereocenters. The second kappa shape index (κ2) is 6.34. The van der Waals surface area contributed by atoms with Crippen molar-refractivity contribution in [3.8, 4) is 0 Å². The molecule has 1 aliphatic rings. The number of hydrogen-bond acceptors (Lipinski definition) is 3. The van der Waals surface area contributed by atoms with Gasteiger partial charge >= 0.3 is 0 Å². The SMILES string of the molecule is CC1=C(I)C(c2ccc(F)cc2Cl)N=C(c2ccccn2)N1. The van der Waals surface area contributed by atoms with E-state index in [-0.39, 0.29) is 11.9 Å². The fourth-order valence-electron chi connectivity index (χ4n) is 2.22. The lowest BCUT2D eigenvalue weighted by atomic mass is 10.0. The zero-order chi connectivity index (χ0) is 15.7. The lowest BCUT2D eigenvalue weighted by molar-refractivity contribution is 0.626. The molecular weight excluding hydrogens is 416 g/mol. The van der Waals surface area contributed by atoms with Crippen molar-refractivity contribution in [2.45, 2.75) is 13.0 Å². The van der Waals surface area contributed by atoms with Crippen LogP contribution in [0.5, 0.6) is 0 Å².